The van der Waals surface area contributed by atoms with Crippen LogP contribution in [-0.4, -0.2) is 52.4 Å². The zero-order valence-electron chi connectivity index (χ0n) is 21.9. The van der Waals surface area contributed by atoms with E-state index < -0.39 is 42.6 Å². The number of amides is 5. The van der Waals surface area contributed by atoms with Gasteiger partial charge in [0.1, 0.15) is 13.1 Å². The molecule has 2 N–H and O–H groups in total. The number of primary amides is 1. The van der Waals surface area contributed by atoms with Gasteiger partial charge in [-0.05, 0) is 54.3 Å². The lowest BCUT2D eigenvalue weighted by atomic mass is 9.86. The quantitative estimate of drug-likeness (QED) is 0.483. The molecule has 0 fully saturated rings. The monoisotopic (exact) mass is 513 g/mol. The van der Waals surface area contributed by atoms with Gasteiger partial charge in [0.05, 0.1) is 0 Å². The lowest BCUT2D eigenvalue weighted by Crippen LogP contribution is -2.49. The van der Waals surface area contributed by atoms with Gasteiger partial charge in [0.2, 0.25) is 11.8 Å². The van der Waals surface area contributed by atoms with Gasteiger partial charge in [0.15, 0.2) is 0 Å². The standard InChI is InChI=1S/C30H31N3O5/c1-20-10-12-22(13-11-20)28(37)33(29(38)23-14-16-24(17-15-23)30(2,3)4)19-26(35)32(18-25(31)34)27(36)21-8-6-5-7-9-21/h5-17H,18-19H2,1-4H3,(H2,31,34). The maximum absolute atomic E-state index is 13.6. The highest BCUT2D eigenvalue weighted by Crippen LogP contribution is 2.23. The summed E-state index contributed by atoms with van der Waals surface area (Å²) >= 11 is 0. The van der Waals surface area contributed by atoms with Crippen LogP contribution in [0.25, 0.3) is 0 Å². The molecule has 38 heavy (non-hydrogen) atoms. The predicted molar refractivity (Wildman–Crippen MR) is 143 cm³/mol. The first-order valence-corrected chi connectivity index (χ1v) is 12.1. The lowest BCUT2D eigenvalue weighted by Gasteiger charge is -2.25. The van der Waals surface area contributed by atoms with Gasteiger partial charge in [-0.25, -0.2) is 0 Å². The Hall–Kier alpha value is -4.59. The Bertz CT molecular complexity index is 1340. The molecule has 0 radical (unpaired) electrons. The molecule has 0 heterocycles. The van der Waals surface area contributed by atoms with Gasteiger partial charge in [-0.1, -0.05) is 68.8 Å². The van der Waals surface area contributed by atoms with E-state index in [1.165, 1.54) is 12.1 Å². The molecule has 3 aromatic carbocycles. The third kappa shape index (κ3) is 6.79. The molecule has 8 heteroatoms. The van der Waals surface area contributed by atoms with E-state index in [-0.39, 0.29) is 22.1 Å². The van der Waals surface area contributed by atoms with E-state index in [0.717, 1.165) is 16.0 Å². The molecule has 0 aromatic heterocycles. The van der Waals surface area contributed by atoms with Crippen molar-refractivity contribution in [2.24, 2.45) is 5.73 Å². The highest BCUT2D eigenvalue weighted by molar-refractivity contribution is 6.14. The number of nitrogens with two attached hydrogens (primary N) is 1. The Morgan fingerprint density at radius 2 is 1.08 bits per heavy atom. The van der Waals surface area contributed by atoms with Crippen LogP contribution < -0.4 is 5.73 Å². The fraction of sp³-hybridized carbons (Fsp3) is 0.233. The molecule has 196 valence electrons. The van der Waals surface area contributed by atoms with Crippen LogP contribution in [-0.2, 0) is 15.0 Å². The van der Waals surface area contributed by atoms with Crippen molar-refractivity contribution in [3.8, 4) is 0 Å². The summed E-state index contributed by atoms with van der Waals surface area (Å²) in [6.45, 7) is 6.49. The third-order valence-corrected chi connectivity index (χ3v) is 5.96. The smallest absolute Gasteiger partial charge is 0.261 e. The summed E-state index contributed by atoms with van der Waals surface area (Å²) in [7, 11) is 0. The van der Waals surface area contributed by atoms with Crippen molar-refractivity contribution in [1.82, 2.24) is 9.80 Å². The van der Waals surface area contributed by atoms with Gasteiger partial charge < -0.3 is 5.73 Å². The van der Waals surface area contributed by atoms with Gasteiger partial charge >= 0.3 is 0 Å². The molecule has 0 aliphatic heterocycles. The molecule has 0 aliphatic rings. The van der Waals surface area contributed by atoms with Crippen LogP contribution in [0.2, 0.25) is 0 Å². The molecule has 3 aromatic rings. The van der Waals surface area contributed by atoms with E-state index in [4.69, 9.17) is 5.73 Å². The minimum absolute atomic E-state index is 0.151. The van der Waals surface area contributed by atoms with Crippen LogP contribution in [0.15, 0.2) is 78.9 Å². The number of benzene rings is 3. The first-order valence-electron chi connectivity index (χ1n) is 12.1. The van der Waals surface area contributed by atoms with Crippen molar-refractivity contribution in [3.63, 3.8) is 0 Å². The molecule has 0 aliphatic carbocycles. The summed E-state index contributed by atoms with van der Waals surface area (Å²) in [4.78, 5) is 66.6. The van der Waals surface area contributed by atoms with Crippen LogP contribution in [0, 0.1) is 6.92 Å². The Morgan fingerprint density at radius 1 is 0.632 bits per heavy atom. The second-order valence-corrected chi connectivity index (χ2v) is 10.0. The number of hydrogen-bond acceptors (Lipinski definition) is 5. The van der Waals surface area contributed by atoms with Gasteiger partial charge in [-0.2, -0.15) is 0 Å². The molecule has 0 saturated heterocycles. The van der Waals surface area contributed by atoms with E-state index >= 15 is 0 Å². The molecule has 0 spiro atoms. The Morgan fingerprint density at radius 3 is 1.55 bits per heavy atom. The van der Waals surface area contributed by atoms with Crippen LogP contribution in [0.1, 0.15) is 63.0 Å². The molecule has 0 saturated carbocycles. The average Bonchev–Trinajstić information content (AvgIpc) is 2.89. The first kappa shape index (κ1) is 28.0. The molecule has 8 nitrogen and oxygen atoms in total. The maximum atomic E-state index is 13.6. The topological polar surface area (TPSA) is 118 Å². The highest BCUT2D eigenvalue weighted by atomic mass is 16.2. The Kier molecular flexibility index (Phi) is 8.57. The van der Waals surface area contributed by atoms with Crippen molar-refractivity contribution in [1.29, 1.82) is 0 Å². The van der Waals surface area contributed by atoms with Crippen molar-refractivity contribution in [2.75, 3.05) is 13.1 Å². The number of aryl methyl sites for hydroxylation is 1. The lowest BCUT2D eigenvalue weighted by molar-refractivity contribution is -0.132. The van der Waals surface area contributed by atoms with Crippen molar-refractivity contribution in [3.05, 3.63) is 107 Å². The van der Waals surface area contributed by atoms with E-state index in [2.05, 4.69) is 0 Å². The minimum Gasteiger partial charge on any atom is -0.368 e. The fourth-order valence-corrected chi connectivity index (χ4v) is 3.74. The van der Waals surface area contributed by atoms with E-state index in [1.807, 2.05) is 27.7 Å². The van der Waals surface area contributed by atoms with Gasteiger partial charge in [-0.3, -0.25) is 33.8 Å². The molecule has 5 amide bonds. The van der Waals surface area contributed by atoms with E-state index in [1.54, 1.807) is 66.7 Å². The van der Waals surface area contributed by atoms with Gasteiger partial charge in [0.25, 0.3) is 17.7 Å². The molecule has 0 unspecified atom stereocenters. The van der Waals surface area contributed by atoms with Crippen molar-refractivity contribution in [2.45, 2.75) is 33.1 Å². The summed E-state index contributed by atoms with van der Waals surface area (Å²) < 4.78 is 0. The maximum Gasteiger partial charge on any atom is 0.261 e. The largest absolute Gasteiger partial charge is 0.368 e. The highest BCUT2D eigenvalue weighted by Gasteiger charge is 2.32. The van der Waals surface area contributed by atoms with E-state index in [0.29, 0.717) is 4.90 Å². The van der Waals surface area contributed by atoms with Gasteiger partial charge in [-0.15, -0.1) is 0 Å². The van der Waals surface area contributed by atoms with Crippen LogP contribution in [0.3, 0.4) is 0 Å². The van der Waals surface area contributed by atoms with Crippen LogP contribution >= 0.6 is 0 Å². The van der Waals surface area contributed by atoms with Gasteiger partial charge in [0, 0.05) is 16.7 Å². The predicted octanol–water partition coefficient (Wildman–Crippen LogP) is 3.73. The summed E-state index contributed by atoms with van der Waals surface area (Å²) in [5.41, 5.74) is 7.60. The van der Waals surface area contributed by atoms with Crippen LogP contribution in [0.5, 0.6) is 0 Å². The normalized spacial score (nSPS) is 10.9. The SMILES string of the molecule is Cc1ccc(C(=O)N(CC(=O)N(CC(N)=O)C(=O)c2ccccc2)C(=O)c2ccc(C(C)(C)C)cc2)cc1. The zero-order valence-corrected chi connectivity index (χ0v) is 21.9. The number of carbonyl (C=O) groups is 5. The Labute approximate surface area is 222 Å². The minimum atomic E-state index is -0.919. The van der Waals surface area contributed by atoms with Crippen molar-refractivity contribution < 1.29 is 24.0 Å². The second-order valence-electron chi connectivity index (χ2n) is 10.0. The Balaban J connectivity index is 1.98. The summed E-state index contributed by atoms with van der Waals surface area (Å²) in [5, 5.41) is 0. The van der Waals surface area contributed by atoms with E-state index in [9.17, 15) is 24.0 Å². The summed E-state index contributed by atoms with van der Waals surface area (Å²) in [5.74, 6) is -4.02. The van der Waals surface area contributed by atoms with Crippen molar-refractivity contribution >= 4 is 29.5 Å². The molecular formula is C30H31N3O5. The first-order chi connectivity index (χ1) is 17.9. The fourth-order valence-electron chi connectivity index (χ4n) is 3.74. The summed E-state index contributed by atoms with van der Waals surface area (Å²) in [6, 6.07) is 21.2. The average molecular weight is 514 g/mol. The van der Waals surface area contributed by atoms with Crippen LogP contribution in [0.4, 0.5) is 0 Å². The molecule has 0 bridgehead atoms. The number of rotatable bonds is 7. The molecule has 0 atom stereocenters. The third-order valence-electron chi connectivity index (χ3n) is 5.96. The molecular weight excluding hydrogens is 482 g/mol. The summed E-state index contributed by atoms with van der Waals surface area (Å²) in [6.07, 6.45) is 0. The zero-order chi connectivity index (χ0) is 28.0. The number of hydrogen-bond donors (Lipinski definition) is 1. The number of carbonyl (C=O) groups excluding carboxylic acids is 5. The molecule has 3 rings (SSSR count). The number of imide groups is 2. The number of nitrogens with zero attached hydrogens (tertiary/aromatic N) is 2. The second kappa shape index (κ2) is 11.6.